The number of thiocarbonyl (C=S) groups is 1. The molecular weight excluding hydrogens is 250 g/mol. The lowest BCUT2D eigenvalue weighted by molar-refractivity contribution is -0.121. The minimum absolute atomic E-state index is 0.0382. The molecule has 0 atom stereocenters. The molecule has 1 fully saturated rings. The van der Waals surface area contributed by atoms with Crippen LogP contribution in [-0.4, -0.2) is 21.7 Å². The van der Waals surface area contributed by atoms with Crippen molar-refractivity contribution in [3.8, 4) is 0 Å². The minimum atomic E-state index is -0.0382. The van der Waals surface area contributed by atoms with E-state index in [0.29, 0.717) is 15.8 Å². The Bertz CT molecular complexity index is 493. The third-order valence-corrected chi connectivity index (χ3v) is 3.66. The highest BCUT2D eigenvalue weighted by atomic mass is 32.2. The number of amides is 1. The topological polar surface area (TPSA) is 20.3 Å². The van der Waals surface area contributed by atoms with E-state index in [2.05, 4.69) is 6.58 Å². The van der Waals surface area contributed by atoms with Gasteiger partial charge in [0, 0.05) is 6.54 Å². The third-order valence-electron chi connectivity index (χ3n) is 2.28. The predicted molar refractivity (Wildman–Crippen MR) is 76.5 cm³/mol. The van der Waals surface area contributed by atoms with E-state index >= 15 is 0 Å². The predicted octanol–water partition coefficient (Wildman–Crippen LogP) is 3.07. The van der Waals surface area contributed by atoms with Gasteiger partial charge in [-0.05, 0) is 11.6 Å². The summed E-state index contributed by atoms with van der Waals surface area (Å²) >= 11 is 6.49. The molecule has 1 heterocycles. The van der Waals surface area contributed by atoms with Gasteiger partial charge in [-0.3, -0.25) is 9.69 Å². The lowest BCUT2D eigenvalue weighted by Crippen LogP contribution is -2.27. The first-order valence-corrected chi connectivity index (χ1v) is 6.36. The average molecular weight is 261 g/mol. The van der Waals surface area contributed by atoms with Crippen LogP contribution < -0.4 is 0 Å². The SMILES string of the molecule is C=CCN1C(=O)/C(=C\c2ccccc2)SC1=S. The summed E-state index contributed by atoms with van der Waals surface area (Å²) in [7, 11) is 0. The molecule has 0 saturated carbocycles. The number of hydrogen-bond donors (Lipinski definition) is 0. The van der Waals surface area contributed by atoms with Crippen molar-refractivity contribution in [2.45, 2.75) is 0 Å². The first-order chi connectivity index (χ1) is 8.22. The summed E-state index contributed by atoms with van der Waals surface area (Å²) in [5, 5.41) is 0. The van der Waals surface area contributed by atoms with Crippen LogP contribution in [0.15, 0.2) is 47.9 Å². The van der Waals surface area contributed by atoms with E-state index < -0.39 is 0 Å². The zero-order valence-corrected chi connectivity index (χ0v) is 10.8. The first-order valence-electron chi connectivity index (χ1n) is 5.13. The van der Waals surface area contributed by atoms with Crippen LogP contribution >= 0.6 is 24.0 Å². The average Bonchev–Trinajstić information content (AvgIpc) is 2.59. The van der Waals surface area contributed by atoms with Gasteiger partial charge in [0.15, 0.2) is 0 Å². The number of hydrogen-bond acceptors (Lipinski definition) is 3. The Kier molecular flexibility index (Phi) is 3.76. The lowest BCUT2D eigenvalue weighted by Gasteiger charge is -2.10. The molecule has 2 rings (SSSR count). The van der Waals surface area contributed by atoms with Crippen LogP contribution in [0.25, 0.3) is 6.08 Å². The molecule has 1 aromatic rings. The molecule has 0 aliphatic carbocycles. The molecule has 4 heteroatoms. The van der Waals surface area contributed by atoms with E-state index in [1.807, 2.05) is 36.4 Å². The monoisotopic (exact) mass is 261 g/mol. The normalized spacial score (nSPS) is 17.9. The van der Waals surface area contributed by atoms with Crippen molar-refractivity contribution in [2.24, 2.45) is 0 Å². The number of benzene rings is 1. The summed E-state index contributed by atoms with van der Waals surface area (Å²) in [5.74, 6) is -0.0382. The molecule has 1 aliphatic rings. The van der Waals surface area contributed by atoms with E-state index in [4.69, 9.17) is 12.2 Å². The molecule has 1 aromatic carbocycles. The highest BCUT2D eigenvalue weighted by Gasteiger charge is 2.30. The van der Waals surface area contributed by atoms with E-state index in [9.17, 15) is 4.79 Å². The third kappa shape index (κ3) is 2.65. The van der Waals surface area contributed by atoms with Gasteiger partial charge in [-0.25, -0.2) is 0 Å². The number of carbonyl (C=O) groups is 1. The maximum absolute atomic E-state index is 12.0. The van der Waals surface area contributed by atoms with Crippen LogP contribution in [0.2, 0.25) is 0 Å². The second-order valence-electron chi connectivity index (χ2n) is 3.49. The van der Waals surface area contributed by atoms with Crippen LogP contribution in [-0.2, 0) is 4.79 Å². The fourth-order valence-corrected chi connectivity index (χ4v) is 2.76. The quantitative estimate of drug-likeness (QED) is 0.474. The fourth-order valence-electron chi connectivity index (χ4n) is 1.49. The van der Waals surface area contributed by atoms with Gasteiger partial charge in [0.25, 0.3) is 5.91 Å². The number of nitrogens with zero attached hydrogens (tertiary/aromatic N) is 1. The maximum Gasteiger partial charge on any atom is 0.266 e. The van der Waals surface area contributed by atoms with Crippen LogP contribution in [0.3, 0.4) is 0 Å². The Hall–Kier alpha value is -1.39. The van der Waals surface area contributed by atoms with Gasteiger partial charge in [0.2, 0.25) is 0 Å². The van der Waals surface area contributed by atoms with Crippen molar-refractivity contribution in [1.29, 1.82) is 0 Å². The van der Waals surface area contributed by atoms with Gasteiger partial charge in [-0.1, -0.05) is 60.4 Å². The molecule has 0 radical (unpaired) electrons. The van der Waals surface area contributed by atoms with Crippen LogP contribution in [0, 0.1) is 0 Å². The van der Waals surface area contributed by atoms with Crippen molar-refractivity contribution in [3.63, 3.8) is 0 Å². The molecule has 17 heavy (non-hydrogen) atoms. The van der Waals surface area contributed by atoms with E-state index in [1.54, 1.807) is 11.0 Å². The standard InChI is InChI=1S/C13H11NOS2/c1-2-8-14-12(15)11(17-13(14)16)9-10-6-4-3-5-7-10/h2-7,9H,1,8H2/b11-9+. The van der Waals surface area contributed by atoms with Gasteiger partial charge in [-0.15, -0.1) is 6.58 Å². The first kappa shape index (κ1) is 12.1. The van der Waals surface area contributed by atoms with Crippen LogP contribution in [0.1, 0.15) is 5.56 Å². The van der Waals surface area contributed by atoms with Gasteiger partial charge in [0.05, 0.1) is 4.91 Å². The van der Waals surface area contributed by atoms with Crippen molar-refractivity contribution in [3.05, 3.63) is 53.5 Å². The van der Waals surface area contributed by atoms with Crippen LogP contribution in [0.5, 0.6) is 0 Å². The van der Waals surface area contributed by atoms with Gasteiger partial charge < -0.3 is 0 Å². The summed E-state index contributed by atoms with van der Waals surface area (Å²) in [6, 6.07) is 9.74. The Balaban J connectivity index is 2.25. The van der Waals surface area contributed by atoms with E-state index in [-0.39, 0.29) is 5.91 Å². The largest absolute Gasteiger partial charge is 0.289 e. The molecule has 0 unspecified atom stereocenters. The summed E-state index contributed by atoms with van der Waals surface area (Å²) in [6.45, 7) is 4.09. The summed E-state index contributed by atoms with van der Waals surface area (Å²) in [6.07, 6.45) is 3.54. The molecule has 86 valence electrons. The zero-order valence-electron chi connectivity index (χ0n) is 9.13. The maximum atomic E-state index is 12.0. The molecule has 1 amide bonds. The molecular formula is C13H11NOS2. The Morgan fingerprint density at radius 1 is 1.35 bits per heavy atom. The molecule has 0 spiro atoms. The summed E-state index contributed by atoms with van der Waals surface area (Å²) in [4.78, 5) is 14.2. The Labute approximate surface area is 110 Å². The summed E-state index contributed by atoms with van der Waals surface area (Å²) in [5.41, 5.74) is 1.01. The number of rotatable bonds is 3. The number of thioether (sulfide) groups is 1. The molecule has 2 nitrogen and oxygen atoms in total. The Morgan fingerprint density at radius 3 is 2.71 bits per heavy atom. The van der Waals surface area contributed by atoms with E-state index in [0.717, 1.165) is 5.56 Å². The minimum Gasteiger partial charge on any atom is -0.289 e. The fraction of sp³-hybridized carbons (Fsp3) is 0.0769. The van der Waals surface area contributed by atoms with Crippen molar-refractivity contribution in [1.82, 2.24) is 4.90 Å². The van der Waals surface area contributed by atoms with Gasteiger partial charge in [-0.2, -0.15) is 0 Å². The second kappa shape index (κ2) is 5.29. The van der Waals surface area contributed by atoms with Gasteiger partial charge >= 0.3 is 0 Å². The van der Waals surface area contributed by atoms with Crippen molar-refractivity contribution >= 4 is 40.3 Å². The lowest BCUT2D eigenvalue weighted by atomic mass is 10.2. The molecule has 0 bridgehead atoms. The van der Waals surface area contributed by atoms with E-state index in [1.165, 1.54) is 11.8 Å². The zero-order chi connectivity index (χ0) is 12.3. The highest BCUT2D eigenvalue weighted by Crippen LogP contribution is 2.32. The summed E-state index contributed by atoms with van der Waals surface area (Å²) < 4.78 is 0.595. The van der Waals surface area contributed by atoms with Gasteiger partial charge in [0.1, 0.15) is 4.32 Å². The molecule has 0 aromatic heterocycles. The Morgan fingerprint density at radius 2 is 2.06 bits per heavy atom. The highest BCUT2D eigenvalue weighted by molar-refractivity contribution is 8.26. The second-order valence-corrected chi connectivity index (χ2v) is 5.17. The van der Waals surface area contributed by atoms with Crippen molar-refractivity contribution < 1.29 is 4.79 Å². The number of carbonyl (C=O) groups excluding carboxylic acids is 1. The van der Waals surface area contributed by atoms with Crippen molar-refractivity contribution in [2.75, 3.05) is 6.54 Å². The van der Waals surface area contributed by atoms with Crippen LogP contribution in [0.4, 0.5) is 0 Å². The molecule has 0 N–H and O–H groups in total. The molecule has 1 aliphatic heterocycles. The smallest absolute Gasteiger partial charge is 0.266 e. The molecule has 1 saturated heterocycles.